The number of carbonyl (C=O) groups excluding carboxylic acids is 1. The first kappa shape index (κ1) is 22.0. The number of methoxy groups -OCH3 is 1. The van der Waals surface area contributed by atoms with E-state index in [1.807, 2.05) is 6.07 Å². The Morgan fingerprint density at radius 1 is 1.14 bits per heavy atom. The normalized spacial score (nSPS) is 14.1. The van der Waals surface area contributed by atoms with Gasteiger partial charge in [0, 0.05) is 18.2 Å². The summed E-state index contributed by atoms with van der Waals surface area (Å²) in [5.41, 5.74) is 0.426. The summed E-state index contributed by atoms with van der Waals surface area (Å²) in [5, 5.41) is 6.08. The number of hydrogen-bond donors (Lipinski definition) is 2. The standard InChI is InChI=1S/C21H25FN2O3.ClH/c1-26-19-4-2-3-5-20(19)27-18-8-7-16(14-17(18)22)24-21(25)9-6-15-10-12-23-13-11-15;/h2-5,7-8,14-15,23H,6,9-13H2,1H3,(H,24,25);1H. The molecule has 0 radical (unpaired) electrons. The highest BCUT2D eigenvalue weighted by atomic mass is 35.5. The van der Waals surface area contributed by atoms with Crippen LogP contribution in [0, 0.1) is 11.7 Å². The van der Waals surface area contributed by atoms with E-state index >= 15 is 0 Å². The van der Waals surface area contributed by atoms with Gasteiger partial charge in [0.25, 0.3) is 0 Å². The van der Waals surface area contributed by atoms with E-state index in [1.54, 1.807) is 24.3 Å². The summed E-state index contributed by atoms with van der Waals surface area (Å²) < 4.78 is 25.2. The van der Waals surface area contributed by atoms with Crippen molar-refractivity contribution in [2.24, 2.45) is 5.92 Å². The second-order valence-corrected chi connectivity index (χ2v) is 6.68. The van der Waals surface area contributed by atoms with Crippen LogP contribution in [-0.4, -0.2) is 26.1 Å². The Labute approximate surface area is 171 Å². The molecule has 2 N–H and O–H groups in total. The van der Waals surface area contributed by atoms with Gasteiger partial charge in [-0.3, -0.25) is 4.79 Å². The maximum Gasteiger partial charge on any atom is 0.224 e. The van der Waals surface area contributed by atoms with Crippen molar-refractivity contribution in [2.75, 3.05) is 25.5 Å². The van der Waals surface area contributed by atoms with Crippen LogP contribution >= 0.6 is 12.4 Å². The molecular weight excluding hydrogens is 383 g/mol. The third kappa shape index (κ3) is 6.11. The van der Waals surface area contributed by atoms with Crippen LogP contribution in [0.2, 0.25) is 0 Å². The van der Waals surface area contributed by atoms with E-state index in [0.717, 1.165) is 32.4 Å². The lowest BCUT2D eigenvalue weighted by Crippen LogP contribution is -2.28. The van der Waals surface area contributed by atoms with E-state index in [0.29, 0.717) is 29.5 Å². The number of rotatable bonds is 7. The topological polar surface area (TPSA) is 59.6 Å². The molecule has 152 valence electrons. The minimum atomic E-state index is -0.544. The van der Waals surface area contributed by atoms with Crippen LogP contribution in [-0.2, 0) is 4.79 Å². The number of ether oxygens (including phenoxy) is 2. The molecule has 1 aliphatic heterocycles. The number of carbonyl (C=O) groups is 1. The average Bonchev–Trinajstić information content (AvgIpc) is 2.69. The maximum atomic E-state index is 14.4. The molecule has 0 atom stereocenters. The summed E-state index contributed by atoms with van der Waals surface area (Å²) >= 11 is 0. The minimum absolute atomic E-state index is 0. The number of piperidine rings is 1. The number of amides is 1. The molecule has 3 rings (SSSR count). The molecular formula is C21H26ClFN2O3. The Morgan fingerprint density at radius 3 is 2.54 bits per heavy atom. The molecule has 1 heterocycles. The molecule has 0 aliphatic carbocycles. The van der Waals surface area contributed by atoms with Crippen molar-refractivity contribution in [2.45, 2.75) is 25.7 Å². The number of hydrogen-bond acceptors (Lipinski definition) is 4. The second-order valence-electron chi connectivity index (χ2n) is 6.68. The van der Waals surface area contributed by atoms with Gasteiger partial charge in [0.05, 0.1) is 7.11 Å². The zero-order valence-electron chi connectivity index (χ0n) is 15.9. The van der Waals surface area contributed by atoms with Crippen molar-refractivity contribution < 1.29 is 18.7 Å². The highest BCUT2D eigenvalue weighted by molar-refractivity contribution is 5.90. The second kappa shape index (κ2) is 10.9. The Balaban J connectivity index is 0.00000280. The molecule has 2 aromatic carbocycles. The Morgan fingerprint density at radius 2 is 1.86 bits per heavy atom. The summed E-state index contributed by atoms with van der Waals surface area (Å²) in [6, 6.07) is 11.4. The SMILES string of the molecule is COc1ccccc1Oc1ccc(NC(=O)CCC2CCNCC2)cc1F.Cl. The van der Waals surface area contributed by atoms with Crippen LogP contribution in [0.1, 0.15) is 25.7 Å². The summed E-state index contributed by atoms with van der Waals surface area (Å²) in [7, 11) is 1.53. The summed E-state index contributed by atoms with van der Waals surface area (Å²) in [6.07, 6.45) is 3.53. The predicted molar refractivity (Wildman–Crippen MR) is 110 cm³/mol. The Bertz CT molecular complexity index is 782. The largest absolute Gasteiger partial charge is 0.493 e. The van der Waals surface area contributed by atoms with Gasteiger partial charge in [-0.05, 0) is 62.5 Å². The van der Waals surface area contributed by atoms with Gasteiger partial charge in [0.1, 0.15) is 0 Å². The van der Waals surface area contributed by atoms with Crippen molar-refractivity contribution in [1.29, 1.82) is 0 Å². The number of anilines is 1. The quantitative estimate of drug-likeness (QED) is 0.693. The van der Waals surface area contributed by atoms with E-state index in [4.69, 9.17) is 9.47 Å². The lowest BCUT2D eigenvalue weighted by Gasteiger charge is -2.22. The minimum Gasteiger partial charge on any atom is -0.493 e. The predicted octanol–water partition coefficient (Wildman–Crippen LogP) is 4.77. The van der Waals surface area contributed by atoms with Gasteiger partial charge >= 0.3 is 0 Å². The smallest absolute Gasteiger partial charge is 0.224 e. The highest BCUT2D eigenvalue weighted by Gasteiger charge is 2.15. The number of para-hydroxylation sites is 2. The fourth-order valence-electron chi connectivity index (χ4n) is 3.21. The number of halogens is 2. The van der Waals surface area contributed by atoms with Gasteiger partial charge in [0.2, 0.25) is 5.91 Å². The fourth-order valence-corrected chi connectivity index (χ4v) is 3.21. The van der Waals surface area contributed by atoms with Crippen molar-refractivity contribution >= 4 is 24.0 Å². The zero-order valence-corrected chi connectivity index (χ0v) is 16.7. The van der Waals surface area contributed by atoms with Gasteiger partial charge in [-0.25, -0.2) is 4.39 Å². The van der Waals surface area contributed by atoms with E-state index in [1.165, 1.54) is 19.2 Å². The van der Waals surface area contributed by atoms with Gasteiger partial charge in [-0.1, -0.05) is 12.1 Å². The van der Waals surface area contributed by atoms with Gasteiger partial charge in [-0.2, -0.15) is 0 Å². The summed E-state index contributed by atoms with van der Waals surface area (Å²) in [5.74, 6) is 0.978. The van der Waals surface area contributed by atoms with E-state index in [-0.39, 0.29) is 24.1 Å². The van der Waals surface area contributed by atoms with E-state index in [2.05, 4.69) is 10.6 Å². The number of benzene rings is 2. The van der Waals surface area contributed by atoms with Gasteiger partial charge in [-0.15, -0.1) is 12.4 Å². The Kier molecular flexibility index (Phi) is 8.54. The van der Waals surface area contributed by atoms with Crippen LogP contribution in [0.15, 0.2) is 42.5 Å². The van der Waals surface area contributed by atoms with Crippen LogP contribution in [0.5, 0.6) is 17.2 Å². The Hall–Kier alpha value is -2.31. The van der Waals surface area contributed by atoms with Crippen molar-refractivity contribution in [3.63, 3.8) is 0 Å². The van der Waals surface area contributed by atoms with Crippen LogP contribution < -0.4 is 20.1 Å². The van der Waals surface area contributed by atoms with Gasteiger partial charge in [0.15, 0.2) is 23.1 Å². The molecule has 0 aromatic heterocycles. The first-order valence-electron chi connectivity index (χ1n) is 9.26. The molecule has 0 bridgehead atoms. The zero-order chi connectivity index (χ0) is 19.1. The molecule has 28 heavy (non-hydrogen) atoms. The molecule has 7 heteroatoms. The first-order chi connectivity index (χ1) is 13.2. The molecule has 0 saturated carbocycles. The molecule has 5 nitrogen and oxygen atoms in total. The van der Waals surface area contributed by atoms with Crippen molar-refractivity contribution in [3.05, 3.63) is 48.3 Å². The summed E-state index contributed by atoms with van der Waals surface area (Å²) in [4.78, 5) is 12.1. The monoisotopic (exact) mass is 408 g/mol. The van der Waals surface area contributed by atoms with Gasteiger partial charge < -0.3 is 20.1 Å². The van der Waals surface area contributed by atoms with Crippen LogP contribution in [0.3, 0.4) is 0 Å². The molecule has 0 spiro atoms. The highest BCUT2D eigenvalue weighted by Crippen LogP contribution is 2.33. The number of nitrogens with one attached hydrogen (secondary N) is 2. The van der Waals surface area contributed by atoms with Crippen LogP contribution in [0.4, 0.5) is 10.1 Å². The lowest BCUT2D eigenvalue weighted by molar-refractivity contribution is -0.116. The van der Waals surface area contributed by atoms with E-state index in [9.17, 15) is 9.18 Å². The fraction of sp³-hybridized carbons (Fsp3) is 0.381. The molecule has 1 aliphatic rings. The third-order valence-corrected chi connectivity index (χ3v) is 4.74. The molecule has 1 saturated heterocycles. The molecule has 2 aromatic rings. The molecule has 1 amide bonds. The summed E-state index contributed by atoms with van der Waals surface area (Å²) in [6.45, 7) is 2.04. The molecule has 1 fully saturated rings. The lowest BCUT2D eigenvalue weighted by atomic mass is 9.93. The average molecular weight is 409 g/mol. The van der Waals surface area contributed by atoms with Crippen molar-refractivity contribution in [3.8, 4) is 17.2 Å². The third-order valence-electron chi connectivity index (χ3n) is 4.74. The van der Waals surface area contributed by atoms with Crippen LogP contribution in [0.25, 0.3) is 0 Å². The molecule has 0 unspecified atom stereocenters. The van der Waals surface area contributed by atoms with Crippen molar-refractivity contribution in [1.82, 2.24) is 5.32 Å². The maximum absolute atomic E-state index is 14.4. The van der Waals surface area contributed by atoms with E-state index < -0.39 is 5.82 Å². The first-order valence-corrected chi connectivity index (χ1v) is 9.26.